The van der Waals surface area contributed by atoms with Gasteiger partial charge in [-0.15, -0.1) is 24.0 Å². The van der Waals surface area contributed by atoms with Crippen LogP contribution in [0.5, 0.6) is 0 Å². The Balaban J connectivity index is 2.18. The highest BCUT2D eigenvalue weighted by Gasteiger charge is 2.14. The van der Waals surface area contributed by atoms with Gasteiger partial charge in [0.05, 0.1) is 11.7 Å². The lowest BCUT2D eigenvalue weighted by atomic mass is 10.1. The molecule has 0 saturated carbocycles. The Morgan fingerprint density at radius 2 is 1.95 bits per heavy atom. The largest absolute Gasteiger partial charge is 0.172 e. The van der Waals surface area contributed by atoms with E-state index < -0.39 is 0 Å². The fraction of sp³-hybridized carbons (Fsp3) is 0.125. The van der Waals surface area contributed by atoms with Gasteiger partial charge in [-0.3, -0.25) is 0 Å². The van der Waals surface area contributed by atoms with Gasteiger partial charge in [0.25, 0.3) is 0 Å². The number of rotatable bonds is 3. The molecule has 2 aromatic heterocycles. The normalized spacial score (nSPS) is 12.6. The first kappa shape index (κ1) is 14.5. The molecule has 0 radical (unpaired) electrons. The van der Waals surface area contributed by atoms with Gasteiger partial charge in [0.15, 0.2) is 0 Å². The average Bonchev–Trinajstić information content (AvgIpc) is 3.12. The molecule has 0 bridgehead atoms. The summed E-state index contributed by atoms with van der Waals surface area (Å²) in [6.45, 7) is 4.10. The molecule has 3 rings (SSSR count). The smallest absolute Gasteiger partial charge is 0.114 e. The minimum absolute atomic E-state index is 0.903. The number of aryl methyl sites for hydroxylation is 1. The minimum Gasteiger partial charge on any atom is -0.172 e. The highest BCUT2D eigenvalue weighted by atomic mass is 32.1. The lowest BCUT2D eigenvalue weighted by molar-refractivity contribution is 1.60. The molecule has 5 heteroatoms. The van der Waals surface area contributed by atoms with Crippen LogP contribution in [0.15, 0.2) is 42.5 Å². The van der Waals surface area contributed by atoms with Crippen LogP contribution in [0, 0.1) is 6.92 Å². The summed E-state index contributed by atoms with van der Waals surface area (Å²) in [5.74, 6) is 0. The molecular weight excluding hydrogens is 316 g/mol. The van der Waals surface area contributed by atoms with Crippen LogP contribution in [-0.2, 0) is 0 Å². The van der Waals surface area contributed by atoms with Crippen molar-refractivity contribution in [3.63, 3.8) is 0 Å². The van der Waals surface area contributed by atoms with Gasteiger partial charge >= 0.3 is 0 Å². The topological polar surface area (TPSA) is 25.8 Å². The van der Waals surface area contributed by atoms with Crippen molar-refractivity contribution in [2.24, 2.45) is 0 Å². The predicted molar refractivity (Wildman–Crippen MR) is 97.2 cm³/mol. The Kier molecular flexibility index (Phi) is 4.24. The number of hydrogen-bond donors (Lipinski definition) is 1. The lowest BCUT2D eigenvalue weighted by Gasteiger charge is -2.04. The van der Waals surface area contributed by atoms with E-state index >= 15 is 0 Å². The lowest BCUT2D eigenvalue weighted by Crippen LogP contribution is -1.84. The van der Waals surface area contributed by atoms with Crippen LogP contribution >= 0.6 is 35.7 Å². The van der Waals surface area contributed by atoms with E-state index in [9.17, 15) is 0 Å². The number of benzene rings is 1. The molecule has 0 spiro atoms. The second kappa shape index (κ2) is 6.13. The molecule has 0 aliphatic carbocycles. The monoisotopic (exact) mass is 330 g/mol. The number of thiophene rings is 1. The highest BCUT2D eigenvalue weighted by Crippen LogP contribution is 2.36. The highest BCUT2D eigenvalue weighted by molar-refractivity contribution is 7.90. The van der Waals surface area contributed by atoms with E-state index in [1.165, 1.54) is 21.5 Å². The van der Waals surface area contributed by atoms with E-state index in [0.29, 0.717) is 0 Å². The molecule has 0 amide bonds. The van der Waals surface area contributed by atoms with Gasteiger partial charge in [-0.2, -0.15) is 8.75 Å². The zero-order valence-corrected chi connectivity index (χ0v) is 14.2. The molecule has 106 valence electrons. The molecule has 2 heterocycles. The van der Waals surface area contributed by atoms with Crippen LogP contribution in [-0.4, -0.2) is 8.75 Å². The van der Waals surface area contributed by atoms with Crippen molar-refractivity contribution in [3.8, 4) is 10.4 Å². The summed E-state index contributed by atoms with van der Waals surface area (Å²) in [7, 11) is 0. The van der Waals surface area contributed by atoms with Crippen molar-refractivity contribution >= 4 is 51.6 Å². The van der Waals surface area contributed by atoms with E-state index in [-0.39, 0.29) is 0 Å². The third-order valence-corrected chi connectivity index (χ3v) is 5.10. The second-order valence-electron chi connectivity index (χ2n) is 4.61. The fourth-order valence-electron chi connectivity index (χ4n) is 2.13. The standard InChI is InChI=1S/C16H14N2S3/c1-3-4-5-13(19)11-7-8-12(14-9-6-10(2)20-14)16-15(11)17-21-18-16/h3-9,19H,1-2H3/b4-3-,13-5-. The Hall–Kier alpha value is -1.43. The van der Waals surface area contributed by atoms with Gasteiger partial charge < -0.3 is 0 Å². The molecule has 2 nitrogen and oxygen atoms in total. The van der Waals surface area contributed by atoms with E-state index in [1.807, 2.05) is 25.2 Å². The molecule has 0 N–H and O–H groups in total. The molecule has 0 fully saturated rings. The number of hydrogen-bond acceptors (Lipinski definition) is 5. The maximum absolute atomic E-state index is 4.58. The zero-order chi connectivity index (χ0) is 14.8. The Morgan fingerprint density at radius 1 is 1.14 bits per heavy atom. The van der Waals surface area contributed by atoms with E-state index in [2.05, 4.69) is 52.6 Å². The third-order valence-electron chi connectivity index (χ3n) is 3.14. The Bertz CT molecular complexity index is 840. The van der Waals surface area contributed by atoms with Crippen molar-refractivity contribution < 1.29 is 0 Å². The predicted octanol–water partition coefficient (Wildman–Crippen LogP) is 5.58. The third kappa shape index (κ3) is 2.81. The van der Waals surface area contributed by atoms with Crippen LogP contribution in [0.3, 0.4) is 0 Å². The number of allylic oxidation sites excluding steroid dienone is 3. The van der Waals surface area contributed by atoms with Gasteiger partial charge in [0, 0.05) is 25.8 Å². The number of aromatic nitrogens is 2. The maximum atomic E-state index is 4.58. The van der Waals surface area contributed by atoms with Crippen LogP contribution in [0.2, 0.25) is 0 Å². The SMILES string of the molecule is C/C=C\C=C(/S)c1ccc(-c2ccc(C)s2)c2nsnc12. The summed E-state index contributed by atoms with van der Waals surface area (Å²) in [6.07, 6.45) is 5.94. The maximum Gasteiger partial charge on any atom is 0.114 e. The molecular formula is C16H14N2S3. The second-order valence-corrected chi connectivity index (χ2v) is 6.91. The quantitative estimate of drug-likeness (QED) is 0.501. The minimum atomic E-state index is 0.903. The van der Waals surface area contributed by atoms with Gasteiger partial charge in [-0.25, -0.2) is 0 Å². The molecule has 0 unspecified atom stereocenters. The first-order valence-electron chi connectivity index (χ1n) is 6.55. The Morgan fingerprint density at radius 3 is 2.67 bits per heavy atom. The van der Waals surface area contributed by atoms with Crippen molar-refractivity contribution in [2.75, 3.05) is 0 Å². The van der Waals surface area contributed by atoms with Gasteiger partial charge in [-0.05, 0) is 32.1 Å². The van der Waals surface area contributed by atoms with Crippen molar-refractivity contribution in [1.29, 1.82) is 0 Å². The van der Waals surface area contributed by atoms with E-state index in [1.54, 1.807) is 11.3 Å². The number of thiol groups is 1. The first-order chi connectivity index (χ1) is 10.2. The molecule has 1 aromatic carbocycles. The fourth-order valence-corrected chi connectivity index (χ4v) is 3.86. The first-order valence-corrected chi connectivity index (χ1v) is 8.54. The van der Waals surface area contributed by atoms with Crippen LogP contribution in [0.1, 0.15) is 17.4 Å². The summed E-state index contributed by atoms with van der Waals surface area (Å²) in [5, 5.41) is 0. The van der Waals surface area contributed by atoms with Crippen molar-refractivity contribution in [1.82, 2.24) is 8.75 Å². The van der Waals surface area contributed by atoms with Crippen LogP contribution in [0.25, 0.3) is 26.4 Å². The van der Waals surface area contributed by atoms with Crippen LogP contribution in [0.4, 0.5) is 0 Å². The number of nitrogens with zero attached hydrogens (tertiary/aromatic N) is 2. The Labute approximate surface area is 137 Å². The molecule has 21 heavy (non-hydrogen) atoms. The van der Waals surface area contributed by atoms with Crippen molar-refractivity contribution in [2.45, 2.75) is 13.8 Å². The molecule has 0 aliphatic rings. The molecule has 0 saturated heterocycles. The summed E-state index contributed by atoms with van der Waals surface area (Å²) in [4.78, 5) is 3.43. The summed E-state index contributed by atoms with van der Waals surface area (Å²) in [6, 6.07) is 8.47. The number of fused-ring (bicyclic) bond motifs is 1. The van der Waals surface area contributed by atoms with Gasteiger partial charge in [0.2, 0.25) is 0 Å². The molecule has 0 atom stereocenters. The summed E-state index contributed by atoms with van der Waals surface area (Å²) < 4.78 is 8.95. The summed E-state index contributed by atoms with van der Waals surface area (Å²) >= 11 is 7.61. The van der Waals surface area contributed by atoms with Crippen LogP contribution < -0.4 is 0 Å². The van der Waals surface area contributed by atoms with Gasteiger partial charge in [0.1, 0.15) is 11.0 Å². The van der Waals surface area contributed by atoms with E-state index in [0.717, 1.165) is 27.1 Å². The van der Waals surface area contributed by atoms with Gasteiger partial charge in [-0.1, -0.05) is 24.3 Å². The molecule has 0 aliphatic heterocycles. The summed E-state index contributed by atoms with van der Waals surface area (Å²) in [5.41, 5.74) is 4.05. The zero-order valence-electron chi connectivity index (χ0n) is 11.7. The van der Waals surface area contributed by atoms with E-state index in [4.69, 9.17) is 0 Å². The average molecular weight is 331 g/mol. The molecule has 3 aromatic rings. The van der Waals surface area contributed by atoms with Crippen molar-refractivity contribution in [3.05, 3.63) is 52.9 Å².